The molecule has 1 aliphatic rings. The Morgan fingerprint density at radius 3 is 1.31 bits per heavy atom. The molecule has 0 aromatic heterocycles. The molecule has 0 saturated heterocycles. The van der Waals surface area contributed by atoms with Gasteiger partial charge in [-0.2, -0.15) is 0 Å². The molecule has 0 atom stereocenters. The average molecular weight is 342 g/mol. The fourth-order valence-corrected chi connectivity index (χ4v) is 4.16. The van der Waals surface area contributed by atoms with E-state index in [1.165, 1.54) is 36.0 Å². The van der Waals surface area contributed by atoms with Crippen LogP contribution in [-0.4, -0.2) is 6.10 Å². The lowest BCUT2D eigenvalue weighted by atomic mass is 9.79. The third kappa shape index (κ3) is 3.32. The molecule has 0 unspecified atom stereocenters. The Kier molecular flexibility index (Phi) is 5.17. The van der Waals surface area contributed by atoms with Gasteiger partial charge in [0.15, 0.2) is 0 Å². The molecule has 3 aromatic carbocycles. The van der Waals surface area contributed by atoms with E-state index in [0.717, 1.165) is 12.8 Å². The van der Waals surface area contributed by atoms with Crippen molar-refractivity contribution in [2.45, 2.75) is 43.8 Å². The summed E-state index contributed by atoms with van der Waals surface area (Å²) in [6.45, 7) is 0. The summed E-state index contributed by atoms with van der Waals surface area (Å²) in [5.74, 6) is 0. The van der Waals surface area contributed by atoms with Gasteiger partial charge >= 0.3 is 0 Å². The Balaban J connectivity index is 1.90. The molecular formula is C25H26O. The van der Waals surface area contributed by atoms with Gasteiger partial charge in [-0.25, -0.2) is 0 Å². The second kappa shape index (κ2) is 7.88. The van der Waals surface area contributed by atoms with Gasteiger partial charge in [0.05, 0.1) is 6.10 Å². The van der Waals surface area contributed by atoms with Crippen molar-refractivity contribution in [2.75, 3.05) is 0 Å². The number of benzene rings is 3. The van der Waals surface area contributed by atoms with E-state index in [2.05, 4.69) is 91.0 Å². The minimum Gasteiger partial charge on any atom is -0.358 e. The molecule has 1 nitrogen and oxygen atoms in total. The van der Waals surface area contributed by atoms with Crippen LogP contribution in [0.15, 0.2) is 91.0 Å². The number of hydrogen-bond donors (Lipinski definition) is 0. The van der Waals surface area contributed by atoms with Crippen molar-refractivity contribution < 1.29 is 4.74 Å². The predicted molar refractivity (Wildman–Crippen MR) is 107 cm³/mol. The second-order valence-corrected chi connectivity index (χ2v) is 7.16. The molecule has 0 bridgehead atoms. The summed E-state index contributed by atoms with van der Waals surface area (Å²) < 4.78 is 7.04. The van der Waals surface area contributed by atoms with Crippen LogP contribution in [0.3, 0.4) is 0 Å². The zero-order valence-corrected chi connectivity index (χ0v) is 15.2. The van der Waals surface area contributed by atoms with Gasteiger partial charge in [0.1, 0.15) is 5.60 Å². The highest BCUT2D eigenvalue weighted by molar-refractivity contribution is 5.47. The molecule has 1 aliphatic carbocycles. The first-order chi connectivity index (χ1) is 12.9. The minimum atomic E-state index is -0.564. The van der Waals surface area contributed by atoms with Gasteiger partial charge in [-0.3, -0.25) is 0 Å². The highest BCUT2D eigenvalue weighted by Gasteiger charge is 2.39. The van der Waals surface area contributed by atoms with Crippen LogP contribution in [0.2, 0.25) is 0 Å². The highest BCUT2D eigenvalue weighted by Crippen LogP contribution is 2.43. The summed E-state index contributed by atoms with van der Waals surface area (Å²) in [7, 11) is 0. The molecule has 1 fully saturated rings. The van der Waals surface area contributed by atoms with E-state index >= 15 is 0 Å². The summed E-state index contributed by atoms with van der Waals surface area (Å²) >= 11 is 0. The molecule has 1 saturated carbocycles. The average Bonchev–Trinajstić information content (AvgIpc) is 2.75. The van der Waals surface area contributed by atoms with E-state index < -0.39 is 5.60 Å². The van der Waals surface area contributed by atoms with Crippen molar-refractivity contribution in [3.63, 3.8) is 0 Å². The summed E-state index contributed by atoms with van der Waals surface area (Å²) in [6.07, 6.45) is 6.44. The lowest BCUT2D eigenvalue weighted by Crippen LogP contribution is -2.37. The first-order valence-electron chi connectivity index (χ1n) is 9.74. The quantitative estimate of drug-likeness (QED) is 0.492. The van der Waals surface area contributed by atoms with Crippen molar-refractivity contribution in [1.29, 1.82) is 0 Å². The van der Waals surface area contributed by atoms with Crippen molar-refractivity contribution in [2.24, 2.45) is 0 Å². The van der Waals surface area contributed by atoms with Crippen LogP contribution in [0.4, 0.5) is 0 Å². The zero-order chi connectivity index (χ0) is 17.7. The van der Waals surface area contributed by atoms with Gasteiger partial charge < -0.3 is 4.74 Å². The molecule has 0 heterocycles. The molecule has 3 aromatic rings. The van der Waals surface area contributed by atoms with Crippen molar-refractivity contribution in [3.8, 4) is 0 Å². The number of ether oxygens (including phenoxy) is 1. The van der Waals surface area contributed by atoms with E-state index in [4.69, 9.17) is 4.74 Å². The fourth-order valence-electron chi connectivity index (χ4n) is 4.16. The van der Waals surface area contributed by atoms with Crippen LogP contribution in [0.5, 0.6) is 0 Å². The van der Waals surface area contributed by atoms with Crippen LogP contribution >= 0.6 is 0 Å². The minimum absolute atomic E-state index is 0.296. The number of hydrogen-bond acceptors (Lipinski definition) is 1. The summed E-state index contributed by atoms with van der Waals surface area (Å²) in [5, 5.41) is 0. The summed E-state index contributed by atoms with van der Waals surface area (Å²) in [6, 6.07) is 32.1. The maximum absolute atomic E-state index is 7.04. The van der Waals surface area contributed by atoms with Gasteiger partial charge in [0, 0.05) is 0 Å². The molecule has 0 aliphatic heterocycles. The lowest BCUT2D eigenvalue weighted by Gasteiger charge is -2.40. The van der Waals surface area contributed by atoms with E-state index in [-0.39, 0.29) is 0 Å². The molecule has 0 N–H and O–H groups in total. The Hall–Kier alpha value is -2.38. The highest BCUT2D eigenvalue weighted by atomic mass is 16.5. The molecular weight excluding hydrogens is 316 g/mol. The monoisotopic (exact) mass is 342 g/mol. The third-order valence-electron chi connectivity index (χ3n) is 5.44. The van der Waals surface area contributed by atoms with Crippen LogP contribution in [0, 0.1) is 0 Å². The summed E-state index contributed by atoms with van der Waals surface area (Å²) in [4.78, 5) is 0. The smallest absolute Gasteiger partial charge is 0.144 e. The fraction of sp³-hybridized carbons (Fsp3) is 0.280. The third-order valence-corrected chi connectivity index (χ3v) is 5.44. The van der Waals surface area contributed by atoms with Crippen LogP contribution in [0.25, 0.3) is 0 Å². The number of rotatable bonds is 5. The van der Waals surface area contributed by atoms with Gasteiger partial charge in [0.2, 0.25) is 0 Å². The van der Waals surface area contributed by atoms with Gasteiger partial charge in [-0.05, 0) is 29.5 Å². The SMILES string of the molecule is c1ccc(C(OC2CCCCC2)(c2ccccc2)c2ccccc2)cc1. The van der Waals surface area contributed by atoms with Crippen molar-refractivity contribution in [3.05, 3.63) is 108 Å². The summed E-state index contributed by atoms with van der Waals surface area (Å²) in [5.41, 5.74) is 3.03. The largest absolute Gasteiger partial charge is 0.358 e. The maximum Gasteiger partial charge on any atom is 0.144 e. The standard InChI is InChI=1S/C25H26O/c1-5-13-21(14-6-1)25(22-15-7-2-8-16-22,23-17-9-3-10-18-23)26-24-19-11-4-12-20-24/h1-3,5-10,13-18,24H,4,11-12,19-20H2. The lowest BCUT2D eigenvalue weighted by molar-refractivity contribution is -0.0623. The van der Waals surface area contributed by atoms with Crippen LogP contribution in [0.1, 0.15) is 48.8 Å². The molecule has 0 spiro atoms. The first kappa shape index (κ1) is 17.1. The molecule has 4 rings (SSSR count). The van der Waals surface area contributed by atoms with Gasteiger partial charge in [-0.1, -0.05) is 110 Å². The normalized spacial score (nSPS) is 15.7. The Morgan fingerprint density at radius 2 is 0.923 bits per heavy atom. The van der Waals surface area contributed by atoms with Crippen LogP contribution in [-0.2, 0) is 10.3 Å². The maximum atomic E-state index is 7.04. The molecule has 1 heteroatoms. The Bertz CT molecular complexity index is 693. The van der Waals surface area contributed by atoms with E-state index in [9.17, 15) is 0 Å². The van der Waals surface area contributed by atoms with E-state index in [1.807, 2.05) is 0 Å². The van der Waals surface area contributed by atoms with Crippen molar-refractivity contribution >= 4 is 0 Å². The van der Waals surface area contributed by atoms with E-state index in [0.29, 0.717) is 6.10 Å². The second-order valence-electron chi connectivity index (χ2n) is 7.16. The van der Waals surface area contributed by atoms with Crippen molar-refractivity contribution in [1.82, 2.24) is 0 Å². The predicted octanol–water partition coefficient (Wildman–Crippen LogP) is 6.33. The molecule has 0 amide bonds. The Labute approximate surface area is 156 Å². The topological polar surface area (TPSA) is 9.23 Å². The Morgan fingerprint density at radius 1 is 0.538 bits per heavy atom. The first-order valence-corrected chi connectivity index (χ1v) is 9.74. The molecule has 26 heavy (non-hydrogen) atoms. The van der Waals surface area contributed by atoms with Gasteiger partial charge in [-0.15, -0.1) is 0 Å². The van der Waals surface area contributed by atoms with Crippen LogP contribution < -0.4 is 0 Å². The zero-order valence-electron chi connectivity index (χ0n) is 15.2. The van der Waals surface area contributed by atoms with Gasteiger partial charge in [0.25, 0.3) is 0 Å². The molecule has 0 radical (unpaired) electrons. The molecule has 132 valence electrons. The van der Waals surface area contributed by atoms with E-state index in [1.54, 1.807) is 0 Å².